The number of ether oxygens (including phenoxy) is 2. The number of nitrogens with zero attached hydrogens (tertiary/aromatic N) is 1. The summed E-state index contributed by atoms with van der Waals surface area (Å²) in [7, 11) is 2.84. The summed E-state index contributed by atoms with van der Waals surface area (Å²) in [6.45, 7) is 0. The molecule has 0 amide bonds. The smallest absolute Gasteiger partial charge is 0.308 e. The zero-order valence-electron chi connectivity index (χ0n) is 9.33. The number of carbonyl (C=O) groups is 1. The van der Waals surface area contributed by atoms with Crippen LogP contribution in [-0.4, -0.2) is 48.2 Å². The predicted molar refractivity (Wildman–Crippen MR) is 50.4 cm³/mol. The molecule has 3 atom stereocenters. The first kappa shape index (κ1) is 13.3. The second-order valence-corrected chi connectivity index (χ2v) is 3.70. The molecule has 16 heavy (non-hydrogen) atoms. The van der Waals surface area contributed by atoms with E-state index < -0.39 is 6.10 Å². The predicted octanol–water partition coefficient (Wildman–Crippen LogP) is 0.355. The molecular weight excluding hydrogens is 218 g/mol. The number of rotatable bonds is 4. The Morgan fingerprint density at radius 1 is 1.25 bits per heavy atom. The number of carbonyl (C=O) groups excluding carboxylic acids is 1. The Labute approximate surface area is 93.4 Å². The van der Waals surface area contributed by atoms with Crippen LogP contribution >= 0.6 is 0 Å². The number of hydrogen-bond acceptors (Lipinski definition) is 7. The molecule has 0 aromatic heterocycles. The van der Waals surface area contributed by atoms with E-state index in [1.54, 1.807) is 0 Å². The Bertz CT molecular complexity index is 234. The van der Waals surface area contributed by atoms with E-state index >= 15 is 0 Å². The maximum atomic E-state index is 11.3. The minimum atomic E-state index is -0.571. The van der Waals surface area contributed by atoms with Gasteiger partial charge in [-0.25, -0.2) is 4.84 Å². The molecule has 1 rings (SSSR count). The van der Waals surface area contributed by atoms with Gasteiger partial charge in [0.15, 0.2) is 0 Å². The normalized spacial score (nSPS) is 30.4. The van der Waals surface area contributed by atoms with Gasteiger partial charge in [0, 0.05) is 7.11 Å². The molecule has 0 aromatic rings. The molecule has 0 spiro atoms. The van der Waals surface area contributed by atoms with Crippen LogP contribution in [0, 0.1) is 5.92 Å². The van der Waals surface area contributed by atoms with Gasteiger partial charge in [-0.15, -0.1) is 0 Å². The van der Waals surface area contributed by atoms with Crippen LogP contribution in [0.3, 0.4) is 0 Å². The summed E-state index contributed by atoms with van der Waals surface area (Å²) in [5, 5.41) is 16.8. The van der Waals surface area contributed by atoms with Crippen LogP contribution in [0.4, 0.5) is 0 Å². The summed E-state index contributed by atoms with van der Waals surface area (Å²) in [6.07, 6.45) is 0.750. The molecule has 0 bridgehead atoms. The van der Waals surface area contributed by atoms with E-state index in [4.69, 9.17) is 20.0 Å². The molecule has 0 unspecified atom stereocenters. The molecule has 1 fully saturated rings. The molecule has 7 heteroatoms. The average molecular weight is 235 g/mol. The number of methoxy groups -OCH3 is 2. The standard InChI is InChI=1S/C9H17NO6/c1-14-7-4-3-6(9(11)15-2)5-8(7)16-10(12)13/h6-8,12-13H,3-5H2,1-2H3/t6-,7-,8-/m1/s1. The third kappa shape index (κ3) is 3.39. The fourth-order valence-corrected chi connectivity index (χ4v) is 1.98. The zero-order valence-corrected chi connectivity index (χ0v) is 9.33. The first-order chi connectivity index (χ1) is 7.58. The van der Waals surface area contributed by atoms with E-state index in [2.05, 4.69) is 4.74 Å². The van der Waals surface area contributed by atoms with E-state index in [1.165, 1.54) is 14.2 Å². The Morgan fingerprint density at radius 2 is 1.94 bits per heavy atom. The van der Waals surface area contributed by atoms with Gasteiger partial charge in [-0.1, -0.05) is 0 Å². The molecule has 0 aliphatic heterocycles. The van der Waals surface area contributed by atoms with Crippen LogP contribution in [0.5, 0.6) is 0 Å². The fraction of sp³-hybridized carbons (Fsp3) is 0.889. The van der Waals surface area contributed by atoms with E-state index in [-0.39, 0.29) is 23.4 Å². The maximum absolute atomic E-state index is 11.3. The lowest BCUT2D eigenvalue weighted by molar-refractivity contribution is -0.510. The quantitative estimate of drug-likeness (QED) is 0.537. The van der Waals surface area contributed by atoms with Crippen LogP contribution in [0.2, 0.25) is 0 Å². The highest BCUT2D eigenvalue weighted by atomic mass is 17.1. The van der Waals surface area contributed by atoms with E-state index in [0.717, 1.165) is 0 Å². The molecule has 1 aliphatic carbocycles. The Hall–Kier alpha value is -0.730. The minimum Gasteiger partial charge on any atom is -0.469 e. The largest absolute Gasteiger partial charge is 0.469 e. The summed E-state index contributed by atoms with van der Waals surface area (Å²) >= 11 is 0. The summed E-state index contributed by atoms with van der Waals surface area (Å²) in [5.74, 6) is -0.605. The van der Waals surface area contributed by atoms with Crippen LogP contribution in [0.15, 0.2) is 0 Å². The molecule has 94 valence electrons. The second-order valence-electron chi connectivity index (χ2n) is 3.70. The summed E-state index contributed by atoms with van der Waals surface area (Å²) in [6, 6.07) is 0. The van der Waals surface area contributed by atoms with Crippen molar-refractivity contribution in [3.63, 3.8) is 0 Å². The van der Waals surface area contributed by atoms with Crippen molar-refractivity contribution in [3.8, 4) is 0 Å². The van der Waals surface area contributed by atoms with E-state index in [0.29, 0.717) is 19.3 Å². The molecule has 0 radical (unpaired) electrons. The molecule has 0 saturated heterocycles. The van der Waals surface area contributed by atoms with Gasteiger partial charge in [-0.3, -0.25) is 15.2 Å². The molecule has 0 aromatic carbocycles. The van der Waals surface area contributed by atoms with Gasteiger partial charge >= 0.3 is 5.97 Å². The zero-order chi connectivity index (χ0) is 12.1. The highest BCUT2D eigenvalue weighted by molar-refractivity contribution is 5.72. The highest BCUT2D eigenvalue weighted by Gasteiger charge is 2.36. The number of esters is 1. The van der Waals surface area contributed by atoms with Gasteiger partial charge in [-0.2, -0.15) is 0 Å². The van der Waals surface area contributed by atoms with Crippen molar-refractivity contribution >= 4 is 5.97 Å². The Balaban J connectivity index is 2.57. The van der Waals surface area contributed by atoms with Gasteiger partial charge in [0.05, 0.1) is 24.5 Å². The molecule has 7 nitrogen and oxygen atoms in total. The van der Waals surface area contributed by atoms with Crippen LogP contribution in [0.25, 0.3) is 0 Å². The van der Waals surface area contributed by atoms with Crippen LogP contribution in [-0.2, 0) is 19.1 Å². The Morgan fingerprint density at radius 3 is 2.44 bits per heavy atom. The van der Waals surface area contributed by atoms with Gasteiger partial charge in [-0.05, 0) is 19.3 Å². The van der Waals surface area contributed by atoms with Gasteiger partial charge < -0.3 is 9.47 Å². The van der Waals surface area contributed by atoms with Crippen LogP contribution < -0.4 is 0 Å². The molecule has 1 aliphatic rings. The molecule has 0 heterocycles. The lowest BCUT2D eigenvalue weighted by Gasteiger charge is -2.33. The molecular formula is C9H17NO6. The van der Waals surface area contributed by atoms with Crippen molar-refractivity contribution < 1.29 is 29.5 Å². The average Bonchev–Trinajstić information content (AvgIpc) is 2.27. The molecule has 1 saturated carbocycles. The summed E-state index contributed by atoms with van der Waals surface area (Å²) in [5.41, 5.74) is 0. The first-order valence-corrected chi connectivity index (χ1v) is 5.03. The van der Waals surface area contributed by atoms with Crippen molar-refractivity contribution in [1.29, 1.82) is 0 Å². The van der Waals surface area contributed by atoms with Crippen molar-refractivity contribution in [2.24, 2.45) is 5.92 Å². The van der Waals surface area contributed by atoms with Crippen molar-refractivity contribution in [2.75, 3.05) is 14.2 Å². The topological polar surface area (TPSA) is 88.5 Å². The Kier molecular flexibility index (Phi) is 5.10. The van der Waals surface area contributed by atoms with Gasteiger partial charge in [0.25, 0.3) is 0 Å². The molecule has 2 N–H and O–H groups in total. The van der Waals surface area contributed by atoms with E-state index in [9.17, 15) is 4.79 Å². The lowest BCUT2D eigenvalue weighted by Crippen LogP contribution is -2.42. The van der Waals surface area contributed by atoms with Crippen molar-refractivity contribution in [3.05, 3.63) is 0 Å². The fourth-order valence-electron chi connectivity index (χ4n) is 1.98. The van der Waals surface area contributed by atoms with Crippen LogP contribution in [0.1, 0.15) is 19.3 Å². The number of hydrogen-bond donors (Lipinski definition) is 2. The first-order valence-electron chi connectivity index (χ1n) is 5.03. The maximum Gasteiger partial charge on any atom is 0.308 e. The van der Waals surface area contributed by atoms with Crippen molar-refractivity contribution in [2.45, 2.75) is 31.5 Å². The van der Waals surface area contributed by atoms with Gasteiger partial charge in [0.1, 0.15) is 6.10 Å². The minimum absolute atomic E-state index is 0.261. The van der Waals surface area contributed by atoms with E-state index in [1.807, 2.05) is 0 Å². The highest BCUT2D eigenvalue weighted by Crippen LogP contribution is 2.29. The second kappa shape index (κ2) is 6.12. The monoisotopic (exact) mass is 235 g/mol. The third-order valence-electron chi connectivity index (χ3n) is 2.80. The summed E-state index contributed by atoms with van der Waals surface area (Å²) < 4.78 is 9.78. The van der Waals surface area contributed by atoms with Crippen molar-refractivity contribution in [1.82, 2.24) is 5.39 Å². The third-order valence-corrected chi connectivity index (χ3v) is 2.80. The summed E-state index contributed by atoms with van der Waals surface area (Å²) in [4.78, 5) is 16.1. The van der Waals surface area contributed by atoms with Gasteiger partial charge in [0.2, 0.25) is 0 Å². The lowest BCUT2D eigenvalue weighted by atomic mass is 9.85. The SMILES string of the molecule is COC(=O)[C@@H]1CC[C@@H](OC)[C@H](ON(O)O)C1.